The predicted octanol–water partition coefficient (Wildman–Crippen LogP) is 1.86. The van der Waals surface area contributed by atoms with Crippen molar-refractivity contribution in [1.82, 2.24) is 5.32 Å². The Kier molecular flexibility index (Phi) is 5.19. The number of ether oxygens (including phenoxy) is 1. The van der Waals surface area contributed by atoms with Gasteiger partial charge in [0.05, 0.1) is 23.3 Å². The van der Waals surface area contributed by atoms with Crippen molar-refractivity contribution in [2.24, 2.45) is 5.92 Å². The maximum absolute atomic E-state index is 11.8. The molecule has 19 heavy (non-hydrogen) atoms. The molecule has 1 atom stereocenters. The number of rotatable bonds is 7. The van der Waals surface area contributed by atoms with Crippen LogP contribution in [0.3, 0.4) is 0 Å². The number of halogens is 1. The van der Waals surface area contributed by atoms with Crippen molar-refractivity contribution < 1.29 is 14.6 Å². The zero-order valence-electron chi connectivity index (χ0n) is 10.6. The van der Waals surface area contributed by atoms with Crippen molar-refractivity contribution in [3.8, 4) is 0 Å². The monoisotopic (exact) mass is 283 g/mol. The third-order valence-corrected chi connectivity index (χ3v) is 3.31. The number of hydrogen-bond donors (Lipinski definition) is 2. The number of aliphatic hydroxyl groups is 1. The van der Waals surface area contributed by atoms with Gasteiger partial charge in [-0.15, -0.1) is 0 Å². The Morgan fingerprint density at radius 3 is 2.89 bits per heavy atom. The van der Waals surface area contributed by atoms with Crippen LogP contribution in [0.4, 0.5) is 0 Å². The van der Waals surface area contributed by atoms with Crippen LogP contribution in [0.2, 0.25) is 5.02 Å². The van der Waals surface area contributed by atoms with Crippen LogP contribution in [0.1, 0.15) is 23.2 Å². The number of benzene rings is 1. The molecule has 0 spiro atoms. The molecule has 0 saturated heterocycles. The molecule has 0 heterocycles. The van der Waals surface area contributed by atoms with Crippen molar-refractivity contribution in [2.45, 2.75) is 18.9 Å². The molecule has 4 nitrogen and oxygen atoms in total. The van der Waals surface area contributed by atoms with E-state index in [2.05, 4.69) is 5.32 Å². The molecule has 1 saturated carbocycles. The summed E-state index contributed by atoms with van der Waals surface area (Å²) < 4.78 is 5.35. The van der Waals surface area contributed by atoms with Crippen LogP contribution in [0.15, 0.2) is 24.3 Å². The zero-order chi connectivity index (χ0) is 13.7. The molecule has 1 aliphatic rings. The summed E-state index contributed by atoms with van der Waals surface area (Å²) in [6.45, 7) is 1.11. The minimum Gasteiger partial charge on any atom is -0.389 e. The van der Waals surface area contributed by atoms with Gasteiger partial charge >= 0.3 is 0 Å². The van der Waals surface area contributed by atoms with E-state index in [0.717, 1.165) is 0 Å². The molecule has 2 rings (SSSR count). The van der Waals surface area contributed by atoms with Crippen molar-refractivity contribution >= 4 is 17.5 Å². The number of amides is 1. The number of hydrogen-bond acceptors (Lipinski definition) is 3. The molecule has 0 radical (unpaired) electrons. The van der Waals surface area contributed by atoms with Gasteiger partial charge in [-0.25, -0.2) is 0 Å². The van der Waals surface area contributed by atoms with Crippen molar-refractivity contribution in [2.75, 3.05) is 19.8 Å². The van der Waals surface area contributed by atoms with E-state index < -0.39 is 6.10 Å². The van der Waals surface area contributed by atoms with Gasteiger partial charge in [0.25, 0.3) is 5.91 Å². The first-order chi connectivity index (χ1) is 9.16. The molecule has 1 aromatic rings. The van der Waals surface area contributed by atoms with E-state index in [-0.39, 0.29) is 19.1 Å². The molecule has 1 fully saturated rings. The largest absolute Gasteiger partial charge is 0.389 e. The fourth-order valence-electron chi connectivity index (χ4n) is 1.67. The molecule has 1 aromatic carbocycles. The molecule has 1 amide bonds. The average Bonchev–Trinajstić information content (AvgIpc) is 3.20. The second-order valence-electron chi connectivity index (χ2n) is 4.82. The quantitative estimate of drug-likeness (QED) is 0.803. The van der Waals surface area contributed by atoms with Crippen LogP contribution in [0, 0.1) is 5.92 Å². The summed E-state index contributed by atoms with van der Waals surface area (Å²) >= 11 is 5.91. The highest BCUT2D eigenvalue weighted by molar-refractivity contribution is 6.33. The van der Waals surface area contributed by atoms with Crippen LogP contribution in [0.25, 0.3) is 0 Å². The third-order valence-electron chi connectivity index (χ3n) is 2.98. The average molecular weight is 284 g/mol. The molecule has 0 bridgehead atoms. The molecule has 2 N–H and O–H groups in total. The highest BCUT2D eigenvalue weighted by Gasteiger charge is 2.21. The van der Waals surface area contributed by atoms with Crippen molar-refractivity contribution in [3.63, 3.8) is 0 Å². The maximum atomic E-state index is 11.8. The van der Waals surface area contributed by atoms with E-state index in [1.54, 1.807) is 24.3 Å². The van der Waals surface area contributed by atoms with Gasteiger partial charge in [0.2, 0.25) is 0 Å². The highest BCUT2D eigenvalue weighted by atomic mass is 35.5. The normalized spacial score (nSPS) is 16.1. The van der Waals surface area contributed by atoms with Gasteiger partial charge in [-0.05, 0) is 30.9 Å². The maximum Gasteiger partial charge on any atom is 0.252 e. The van der Waals surface area contributed by atoms with E-state index in [9.17, 15) is 9.90 Å². The van der Waals surface area contributed by atoms with Gasteiger partial charge in [-0.3, -0.25) is 4.79 Å². The Balaban J connectivity index is 1.68. The fourth-order valence-corrected chi connectivity index (χ4v) is 1.89. The lowest BCUT2D eigenvalue weighted by atomic mass is 10.2. The van der Waals surface area contributed by atoms with Crippen molar-refractivity contribution in [3.05, 3.63) is 34.9 Å². The lowest BCUT2D eigenvalue weighted by molar-refractivity contribution is 0.0321. The van der Waals surface area contributed by atoms with Crippen LogP contribution >= 0.6 is 11.6 Å². The van der Waals surface area contributed by atoms with Crippen LogP contribution < -0.4 is 5.32 Å². The van der Waals surface area contributed by atoms with E-state index in [0.29, 0.717) is 23.1 Å². The first kappa shape index (κ1) is 14.3. The molecule has 1 aliphatic carbocycles. The van der Waals surface area contributed by atoms with Gasteiger partial charge in [0, 0.05) is 13.2 Å². The van der Waals surface area contributed by atoms with E-state index in [1.807, 2.05) is 0 Å². The van der Waals surface area contributed by atoms with Crippen LogP contribution in [-0.4, -0.2) is 36.9 Å². The summed E-state index contributed by atoms with van der Waals surface area (Å²) in [5.74, 6) is 0.386. The Morgan fingerprint density at radius 2 is 2.21 bits per heavy atom. The molecule has 104 valence electrons. The lowest BCUT2D eigenvalue weighted by Crippen LogP contribution is -2.34. The van der Waals surface area contributed by atoms with Gasteiger partial charge in [-0.2, -0.15) is 0 Å². The number of carbonyl (C=O) groups is 1. The van der Waals surface area contributed by atoms with Crippen LogP contribution in [-0.2, 0) is 4.74 Å². The first-order valence-electron chi connectivity index (χ1n) is 6.45. The summed E-state index contributed by atoms with van der Waals surface area (Å²) in [7, 11) is 0. The second-order valence-corrected chi connectivity index (χ2v) is 5.23. The van der Waals surface area contributed by atoms with E-state index in [1.165, 1.54) is 12.8 Å². The predicted molar refractivity (Wildman–Crippen MR) is 73.3 cm³/mol. The van der Waals surface area contributed by atoms with Gasteiger partial charge < -0.3 is 15.2 Å². The second kappa shape index (κ2) is 6.89. The summed E-state index contributed by atoms with van der Waals surface area (Å²) in [4.78, 5) is 11.8. The smallest absolute Gasteiger partial charge is 0.252 e. The highest BCUT2D eigenvalue weighted by Crippen LogP contribution is 2.28. The summed E-state index contributed by atoms with van der Waals surface area (Å²) in [5.41, 5.74) is 0.412. The van der Waals surface area contributed by atoms with Gasteiger partial charge in [0.1, 0.15) is 0 Å². The molecular formula is C14H18ClNO3. The van der Waals surface area contributed by atoms with Crippen molar-refractivity contribution in [1.29, 1.82) is 0 Å². The Labute approximate surface area is 117 Å². The Bertz CT molecular complexity index is 434. The molecular weight excluding hydrogens is 266 g/mol. The number of carbonyl (C=O) groups excluding carboxylic acids is 1. The SMILES string of the molecule is O=C(NCC(O)COCC1CC1)c1ccccc1Cl. The van der Waals surface area contributed by atoms with Crippen LogP contribution in [0.5, 0.6) is 0 Å². The topological polar surface area (TPSA) is 58.6 Å². The van der Waals surface area contributed by atoms with Gasteiger partial charge in [0.15, 0.2) is 0 Å². The number of aliphatic hydroxyl groups excluding tert-OH is 1. The van der Waals surface area contributed by atoms with E-state index in [4.69, 9.17) is 16.3 Å². The Hall–Kier alpha value is -1.10. The minimum absolute atomic E-state index is 0.161. The van der Waals surface area contributed by atoms with Gasteiger partial charge in [-0.1, -0.05) is 23.7 Å². The van der Waals surface area contributed by atoms with E-state index >= 15 is 0 Å². The summed E-state index contributed by atoms with van der Waals surface area (Å²) in [6.07, 6.45) is 1.75. The summed E-state index contributed by atoms with van der Waals surface area (Å²) in [5, 5.41) is 12.7. The molecule has 0 aromatic heterocycles. The number of nitrogens with one attached hydrogen (secondary N) is 1. The molecule has 5 heteroatoms. The molecule has 0 aliphatic heterocycles. The lowest BCUT2D eigenvalue weighted by Gasteiger charge is -2.12. The fraction of sp³-hybridized carbons (Fsp3) is 0.500. The summed E-state index contributed by atoms with van der Waals surface area (Å²) in [6, 6.07) is 6.81. The minimum atomic E-state index is -0.690. The zero-order valence-corrected chi connectivity index (χ0v) is 11.4. The Morgan fingerprint density at radius 1 is 1.47 bits per heavy atom. The third kappa shape index (κ3) is 4.82. The standard InChI is InChI=1S/C14H18ClNO3/c15-13-4-2-1-3-12(13)14(18)16-7-11(17)9-19-8-10-5-6-10/h1-4,10-11,17H,5-9H2,(H,16,18). The molecule has 1 unspecified atom stereocenters. The first-order valence-corrected chi connectivity index (χ1v) is 6.83.